The summed E-state index contributed by atoms with van der Waals surface area (Å²) in [4.78, 5) is 0.933. The molecule has 0 aliphatic heterocycles. The van der Waals surface area contributed by atoms with E-state index < -0.39 is 7.92 Å². The molecule has 3 heteroatoms. The first-order valence-corrected chi connectivity index (χ1v) is 9.88. The Balaban J connectivity index is 0.000000522. The quantitative estimate of drug-likeness (QED) is 0.301. The molecule has 0 unspecified atom stereocenters. The molecule has 0 atom stereocenters. The van der Waals surface area contributed by atoms with Crippen LogP contribution in [-0.2, 0) is 19.2 Å². The van der Waals surface area contributed by atoms with Gasteiger partial charge in [0.1, 0.15) is 0 Å². The number of halogens is 1. The van der Waals surface area contributed by atoms with Crippen molar-refractivity contribution in [1.82, 2.24) is 0 Å². The van der Waals surface area contributed by atoms with Crippen LogP contribution < -0.4 is 15.9 Å². The predicted molar refractivity (Wildman–Crippen MR) is 107 cm³/mol. The number of benzene rings is 3. The summed E-state index contributed by atoms with van der Waals surface area (Å²) in [6.45, 7) is 3.44. The molecular weight excluding hydrogens is 425 g/mol. The van der Waals surface area contributed by atoms with E-state index in [1.54, 1.807) is 0 Å². The Morgan fingerprint density at radius 2 is 0.917 bits per heavy atom. The minimum Gasteiger partial charge on any atom is -0.147 e. The molecule has 0 radical (unpaired) electrons. The predicted octanol–water partition coefficient (Wildman–Crippen LogP) is 5.00. The molecule has 0 heterocycles. The summed E-state index contributed by atoms with van der Waals surface area (Å²) >= 11 is 2.92. The molecule has 3 aromatic rings. The topological polar surface area (TPSA) is 0 Å². The first-order chi connectivity index (χ1) is 11.4. The molecule has 0 aliphatic rings. The van der Waals surface area contributed by atoms with Gasteiger partial charge in [-0.2, -0.15) is 0 Å². The van der Waals surface area contributed by atoms with Crippen molar-refractivity contribution in [2.45, 2.75) is 4.89 Å². The molecule has 0 bridgehead atoms. The molecular formula is C21H21ClPPd. The number of hydrogen-bond acceptors (Lipinski definition) is 0. The van der Waals surface area contributed by atoms with Gasteiger partial charge in [-0.15, -0.1) is 12.4 Å². The van der Waals surface area contributed by atoms with Gasteiger partial charge in [-0.05, 0) is 23.8 Å². The van der Waals surface area contributed by atoms with E-state index in [4.69, 9.17) is 0 Å². The maximum atomic E-state index is 3.44. The zero-order valence-electron chi connectivity index (χ0n) is 13.3. The second kappa shape index (κ2) is 12.2. The fraction of sp³-hybridized carbons (Fsp3) is 0.0476. The van der Waals surface area contributed by atoms with Crippen LogP contribution in [0.4, 0.5) is 0 Å². The van der Waals surface area contributed by atoms with Gasteiger partial charge in [0.2, 0.25) is 0 Å². The minimum absolute atomic E-state index is 0. The van der Waals surface area contributed by atoms with Gasteiger partial charge in [-0.3, -0.25) is 0 Å². The van der Waals surface area contributed by atoms with Gasteiger partial charge in [-0.1, -0.05) is 91.0 Å². The molecule has 0 aliphatic carbocycles. The van der Waals surface area contributed by atoms with Crippen LogP contribution in [0.25, 0.3) is 0 Å². The van der Waals surface area contributed by atoms with Gasteiger partial charge < -0.3 is 0 Å². The SMILES string of the molecule is C=C[CH2][Pd].Cl.c1ccc(P(c2ccccc2)c2ccccc2)cc1. The van der Waals surface area contributed by atoms with Crippen molar-refractivity contribution in [3.63, 3.8) is 0 Å². The monoisotopic (exact) mass is 445 g/mol. The van der Waals surface area contributed by atoms with Gasteiger partial charge in [0.25, 0.3) is 0 Å². The molecule has 0 nitrogen and oxygen atoms in total. The third-order valence-electron chi connectivity index (χ3n) is 3.13. The van der Waals surface area contributed by atoms with Crippen LogP contribution in [-0.4, -0.2) is 0 Å². The second-order valence-electron chi connectivity index (χ2n) is 4.76. The fourth-order valence-electron chi connectivity index (χ4n) is 2.18. The summed E-state index contributed by atoms with van der Waals surface area (Å²) in [5.74, 6) is 0. The third kappa shape index (κ3) is 6.35. The average Bonchev–Trinajstić information content (AvgIpc) is 2.65. The van der Waals surface area contributed by atoms with Crippen LogP contribution in [0, 0.1) is 0 Å². The van der Waals surface area contributed by atoms with Crippen molar-refractivity contribution >= 4 is 36.2 Å². The number of rotatable bonds is 4. The summed E-state index contributed by atoms with van der Waals surface area (Å²) in [7, 11) is -0.446. The van der Waals surface area contributed by atoms with E-state index in [-0.39, 0.29) is 12.4 Å². The Kier molecular flexibility index (Phi) is 10.6. The van der Waals surface area contributed by atoms with E-state index >= 15 is 0 Å². The zero-order valence-corrected chi connectivity index (χ0v) is 16.6. The smallest absolute Gasteiger partial charge is 0.0134 e. The molecule has 3 rings (SSSR count). The van der Waals surface area contributed by atoms with E-state index in [9.17, 15) is 0 Å². The molecule has 0 saturated heterocycles. The van der Waals surface area contributed by atoms with Crippen molar-refractivity contribution in [2.24, 2.45) is 0 Å². The molecule has 0 saturated carbocycles. The normalized spacial score (nSPS) is 9.46. The largest absolute Gasteiger partial charge is 0.147 e. The summed E-state index contributed by atoms with van der Waals surface area (Å²) in [6.07, 6.45) is 1.81. The van der Waals surface area contributed by atoms with Crippen LogP contribution >= 0.6 is 20.3 Å². The van der Waals surface area contributed by atoms with Crippen molar-refractivity contribution in [3.05, 3.63) is 104 Å². The van der Waals surface area contributed by atoms with Gasteiger partial charge in [0.05, 0.1) is 0 Å². The fourth-order valence-corrected chi connectivity index (χ4v) is 4.48. The van der Waals surface area contributed by atoms with Gasteiger partial charge in [0.15, 0.2) is 0 Å². The molecule has 24 heavy (non-hydrogen) atoms. The average molecular weight is 446 g/mol. The third-order valence-corrected chi connectivity index (χ3v) is 6.03. The van der Waals surface area contributed by atoms with E-state index in [0.29, 0.717) is 0 Å². The molecule has 0 spiro atoms. The van der Waals surface area contributed by atoms with E-state index in [2.05, 4.69) is 117 Å². The maximum Gasteiger partial charge on any atom is -0.0134 e. The minimum atomic E-state index is -0.446. The molecule has 127 valence electrons. The van der Waals surface area contributed by atoms with Crippen molar-refractivity contribution in [3.8, 4) is 0 Å². The van der Waals surface area contributed by atoms with E-state index in [1.165, 1.54) is 15.9 Å². The molecule has 0 fully saturated rings. The first kappa shape index (κ1) is 20.8. The van der Waals surface area contributed by atoms with Crippen LogP contribution in [0.15, 0.2) is 104 Å². The Morgan fingerprint density at radius 1 is 0.667 bits per heavy atom. The molecule has 3 aromatic carbocycles. The summed E-state index contributed by atoms with van der Waals surface area (Å²) in [5, 5.41) is 4.19. The number of allylic oxidation sites excluding steroid dienone is 1. The Bertz CT molecular complexity index is 593. The summed E-state index contributed by atoms with van der Waals surface area (Å²) in [6, 6.07) is 32.3. The van der Waals surface area contributed by atoms with Crippen LogP contribution in [0.2, 0.25) is 4.89 Å². The van der Waals surface area contributed by atoms with E-state index in [1.807, 2.05) is 6.08 Å². The first-order valence-electron chi connectivity index (χ1n) is 7.44. The summed E-state index contributed by atoms with van der Waals surface area (Å²) < 4.78 is 0. The molecule has 0 N–H and O–H groups in total. The molecule has 0 aromatic heterocycles. The van der Waals surface area contributed by atoms with E-state index in [0.717, 1.165) is 4.89 Å². The Hall–Kier alpha value is -1.22. The summed E-state index contributed by atoms with van der Waals surface area (Å²) in [5.41, 5.74) is 0. The Morgan fingerprint density at radius 3 is 1.12 bits per heavy atom. The molecule has 0 amide bonds. The van der Waals surface area contributed by atoms with Gasteiger partial charge >= 0.3 is 36.8 Å². The Labute approximate surface area is 163 Å². The zero-order chi connectivity index (χ0) is 16.3. The van der Waals surface area contributed by atoms with Crippen molar-refractivity contribution in [1.29, 1.82) is 0 Å². The second-order valence-corrected chi connectivity index (χ2v) is 7.61. The van der Waals surface area contributed by atoms with Crippen LogP contribution in [0.5, 0.6) is 0 Å². The van der Waals surface area contributed by atoms with Crippen LogP contribution in [0.3, 0.4) is 0 Å². The van der Waals surface area contributed by atoms with Crippen molar-refractivity contribution < 1.29 is 19.2 Å². The van der Waals surface area contributed by atoms with Gasteiger partial charge in [-0.25, -0.2) is 0 Å². The number of hydrogen-bond donors (Lipinski definition) is 0. The standard InChI is InChI=1S/C18H15P.C3H5.ClH.Pd/c1-4-10-16(11-5-1)19(17-12-6-2-7-13-17)18-14-8-3-9-15-18;1-3-2;;/h1-15H;3H,1-2H2;1H;. The van der Waals surface area contributed by atoms with Crippen LogP contribution in [0.1, 0.15) is 0 Å². The van der Waals surface area contributed by atoms with Gasteiger partial charge in [0, 0.05) is 0 Å². The maximum absolute atomic E-state index is 3.44. The van der Waals surface area contributed by atoms with Crippen molar-refractivity contribution in [2.75, 3.05) is 0 Å².